The second kappa shape index (κ2) is 6.46. The number of rotatable bonds is 4. The molecule has 1 aliphatic rings. The molecule has 3 heterocycles. The van der Waals surface area contributed by atoms with E-state index >= 15 is 0 Å². The predicted molar refractivity (Wildman–Crippen MR) is 82.5 cm³/mol. The highest BCUT2D eigenvalue weighted by atomic mass is 16.3. The second-order valence-electron chi connectivity index (χ2n) is 5.17. The quantitative estimate of drug-likeness (QED) is 0.919. The van der Waals surface area contributed by atoms with Crippen LogP contribution in [0, 0.1) is 0 Å². The number of anilines is 2. The normalized spacial score (nSPS) is 15.0. The summed E-state index contributed by atoms with van der Waals surface area (Å²) >= 11 is 0. The molecule has 2 aromatic heterocycles. The molecule has 1 saturated heterocycles. The van der Waals surface area contributed by atoms with E-state index in [2.05, 4.69) is 20.2 Å². The zero-order valence-corrected chi connectivity index (χ0v) is 12.5. The SMILES string of the molecule is CC(=O)N1CCN(c2nccc(NCc3ccco3)n2)CC1. The van der Waals surface area contributed by atoms with E-state index in [9.17, 15) is 4.79 Å². The van der Waals surface area contributed by atoms with Crippen molar-refractivity contribution in [2.75, 3.05) is 36.4 Å². The maximum atomic E-state index is 11.4. The molecule has 3 rings (SSSR count). The van der Waals surface area contributed by atoms with E-state index in [4.69, 9.17) is 4.42 Å². The number of nitrogens with one attached hydrogen (secondary N) is 1. The lowest BCUT2D eigenvalue weighted by Crippen LogP contribution is -2.48. The van der Waals surface area contributed by atoms with Crippen LogP contribution in [0.3, 0.4) is 0 Å². The first kappa shape index (κ1) is 14.4. The first-order chi connectivity index (χ1) is 10.7. The number of hydrogen-bond acceptors (Lipinski definition) is 6. The Morgan fingerprint density at radius 1 is 1.32 bits per heavy atom. The van der Waals surface area contributed by atoms with Gasteiger partial charge in [-0.1, -0.05) is 0 Å². The Morgan fingerprint density at radius 2 is 2.14 bits per heavy atom. The number of aromatic nitrogens is 2. The molecule has 0 atom stereocenters. The molecule has 0 bridgehead atoms. The van der Waals surface area contributed by atoms with Gasteiger partial charge in [0.2, 0.25) is 11.9 Å². The molecule has 0 aromatic carbocycles. The zero-order chi connectivity index (χ0) is 15.4. The summed E-state index contributed by atoms with van der Waals surface area (Å²) in [5, 5.41) is 3.22. The highest BCUT2D eigenvalue weighted by Crippen LogP contribution is 2.14. The van der Waals surface area contributed by atoms with Crippen LogP contribution < -0.4 is 10.2 Å². The molecule has 0 radical (unpaired) electrons. The van der Waals surface area contributed by atoms with Crippen molar-refractivity contribution in [3.05, 3.63) is 36.4 Å². The third kappa shape index (κ3) is 3.36. The first-order valence-electron chi connectivity index (χ1n) is 7.32. The van der Waals surface area contributed by atoms with Gasteiger partial charge >= 0.3 is 0 Å². The summed E-state index contributed by atoms with van der Waals surface area (Å²) in [6, 6.07) is 5.60. The van der Waals surface area contributed by atoms with Crippen LogP contribution in [0.1, 0.15) is 12.7 Å². The Kier molecular flexibility index (Phi) is 4.22. The van der Waals surface area contributed by atoms with Crippen LogP contribution in [0.4, 0.5) is 11.8 Å². The molecular weight excluding hydrogens is 282 g/mol. The van der Waals surface area contributed by atoms with Gasteiger partial charge in [-0.2, -0.15) is 4.98 Å². The van der Waals surface area contributed by atoms with Crippen LogP contribution in [0.15, 0.2) is 35.1 Å². The summed E-state index contributed by atoms with van der Waals surface area (Å²) in [5.41, 5.74) is 0. The molecule has 2 aromatic rings. The molecule has 1 amide bonds. The molecule has 0 aliphatic carbocycles. The number of carbonyl (C=O) groups excluding carboxylic acids is 1. The van der Waals surface area contributed by atoms with E-state index < -0.39 is 0 Å². The molecule has 7 nitrogen and oxygen atoms in total. The zero-order valence-electron chi connectivity index (χ0n) is 12.5. The fraction of sp³-hybridized carbons (Fsp3) is 0.400. The van der Waals surface area contributed by atoms with Crippen molar-refractivity contribution in [2.45, 2.75) is 13.5 Å². The van der Waals surface area contributed by atoms with Gasteiger partial charge in [-0.25, -0.2) is 4.98 Å². The Labute approximate surface area is 129 Å². The largest absolute Gasteiger partial charge is 0.467 e. The van der Waals surface area contributed by atoms with Crippen LogP contribution >= 0.6 is 0 Å². The molecule has 0 saturated carbocycles. The number of furan rings is 1. The van der Waals surface area contributed by atoms with E-state index in [1.54, 1.807) is 19.4 Å². The van der Waals surface area contributed by atoms with E-state index in [-0.39, 0.29) is 5.91 Å². The van der Waals surface area contributed by atoms with Gasteiger partial charge < -0.3 is 19.5 Å². The Bertz CT molecular complexity index is 621. The second-order valence-corrected chi connectivity index (χ2v) is 5.17. The van der Waals surface area contributed by atoms with Gasteiger partial charge in [0.05, 0.1) is 12.8 Å². The first-order valence-corrected chi connectivity index (χ1v) is 7.32. The van der Waals surface area contributed by atoms with Crippen molar-refractivity contribution in [3.63, 3.8) is 0 Å². The van der Waals surface area contributed by atoms with E-state index in [0.29, 0.717) is 25.6 Å². The fourth-order valence-corrected chi connectivity index (χ4v) is 2.41. The topological polar surface area (TPSA) is 74.5 Å². The number of hydrogen-bond donors (Lipinski definition) is 1. The summed E-state index contributed by atoms with van der Waals surface area (Å²) in [4.78, 5) is 24.1. The predicted octanol–water partition coefficient (Wildman–Crippen LogP) is 1.35. The van der Waals surface area contributed by atoms with Gasteiger partial charge in [0.15, 0.2) is 0 Å². The lowest BCUT2D eigenvalue weighted by atomic mass is 10.3. The minimum atomic E-state index is 0.120. The molecule has 1 fully saturated rings. The smallest absolute Gasteiger partial charge is 0.227 e. The fourth-order valence-electron chi connectivity index (χ4n) is 2.41. The van der Waals surface area contributed by atoms with Crippen molar-refractivity contribution < 1.29 is 9.21 Å². The van der Waals surface area contributed by atoms with Crippen molar-refractivity contribution >= 4 is 17.7 Å². The minimum absolute atomic E-state index is 0.120. The molecule has 116 valence electrons. The summed E-state index contributed by atoms with van der Waals surface area (Å²) < 4.78 is 5.28. The van der Waals surface area contributed by atoms with Crippen LogP contribution in [0.25, 0.3) is 0 Å². The van der Waals surface area contributed by atoms with E-state index in [0.717, 1.165) is 24.7 Å². The van der Waals surface area contributed by atoms with Gasteiger partial charge in [0.25, 0.3) is 0 Å². The number of piperazine rings is 1. The van der Waals surface area contributed by atoms with Crippen molar-refractivity contribution in [3.8, 4) is 0 Å². The lowest BCUT2D eigenvalue weighted by molar-refractivity contribution is -0.129. The van der Waals surface area contributed by atoms with Crippen LogP contribution in [-0.2, 0) is 11.3 Å². The maximum absolute atomic E-state index is 11.4. The summed E-state index contributed by atoms with van der Waals surface area (Å²) in [7, 11) is 0. The molecule has 7 heteroatoms. The Balaban J connectivity index is 1.60. The average Bonchev–Trinajstić information content (AvgIpc) is 3.07. The summed E-state index contributed by atoms with van der Waals surface area (Å²) in [6.07, 6.45) is 3.39. The minimum Gasteiger partial charge on any atom is -0.467 e. The van der Waals surface area contributed by atoms with Crippen molar-refractivity contribution in [1.82, 2.24) is 14.9 Å². The Morgan fingerprint density at radius 3 is 2.82 bits per heavy atom. The standard InChI is InChI=1S/C15H19N5O2/c1-12(21)19-6-8-20(9-7-19)15-16-5-4-14(18-15)17-11-13-3-2-10-22-13/h2-5,10H,6-9,11H2,1H3,(H,16,17,18). The molecular formula is C15H19N5O2. The third-order valence-corrected chi connectivity index (χ3v) is 3.67. The number of amides is 1. The van der Waals surface area contributed by atoms with Crippen LogP contribution in [0.5, 0.6) is 0 Å². The van der Waals surface area contributed by atoms with E-state index in [1.165, 1.54) is 0 Å². The van der Waals surface area contributed by atoms with E-state index in [1.807, 2.05) is 23.1 Å². The average molecular weight is 301 g/mol. The van der Waals surface area contributed by atoms with Gasteiger partial charge in [0.1, 0.15) is 11.6 Å². The molecule has 1 N–H and O–H groups in total. The van der Waals surface area contributed by atoms with Gasteiger partial charge in [-0.05, 0) is 18.2 Å². The maximum Gasteiger partial charge on any atom is 0.227 e. The monoisotopic (exact) mass is 301 g/mol. The number of nitrogens with zero attached hydrogens (tertiary/aromatic N) is 4. The molecule has 0 spiro atoms. The van der Waals surface area contributed by atoms with Crippen molar-refractivity contribution in [1.29, 1.82) is 0 Å². The lowest BCUT2D eigenvalue weighted by Gasteiger charge is -2.34. The van der Waals surface area contributed by atoms with Gasteiger partial charge in [-0.3, -0.25) is 4.79 Å². The van der Waals surface area contributed by atoms with Gasteiger partial charge in [-0.15, -0.1) is 0 Å². The van der Waals surface area contributed by atoms with Crippen LogP contribution in [0.2, 0.25) is 0 Å². The van der Waals surface area contributed by atoms with Crippen molar-refractivity contribution in [2.24, 2.45) is 0 Å². The van der Waals surface area contributed by atoms with Gasteiger partial charge in [0, 0.05) is 39.3 Å². The third-order valence-electron chi connectivity index (χ3n) is 3.67. The van der Waals surface area contributed by atoms with Crippen LogP contribution in [-0.4, -0.2) is 47.0 Å². The molecule has 1 aliphatic heterocycles. The molecule has 22 heavy (non-hydrogen) atoms. The highest BCUT2D eigenvalue weighted by molar-refractivity contribution is 5.73. The summed E-state index contributed by atoms with van der Waals surface area (Å²) in [6.45, 7) is 5.11. The summed E-state index contributed by atoms with van der Waals surface area (Å²) in [5.74, 6) is 2.42. The Hall–Kier alpha value is -2.57. The number of carbonyl (C=O) groups is 1. The highest BCUT2D eigenvalue weighted by Gasteiger charge is 2.20. The molecule has 0 unspecified atom stereocenters.